The summed E-state index contributed by atoms with van der Waals surface area (Å²) in [5.74, 6) is -1.10. The van der Waals surface area contributed by atoms with Crippen LogP contribution in [0.25, 0.3) is 22.2 Å². The minimum atomic E-state index is -0.487. The predicted octanol–water partition coefficient (Wildman–Crippen LogP) is 4.42. The van der Waals surface area contributed by atoms with Gasteiger partial charge in [0.2, 0.25) is 0 Å². The molecule has 5 nitrogen and oxygen atoms in total. The van der Waals surface area contributed by atoms with Crippen LogP contribution >= 0.6 is 11.6 Å². The van der Waals surface area contributed by atoms with Crippen LogP contribution in [0.4, 0.5) is 0 Å². The van der Waals surface area contributed by atoms with E-state index < -0.39 is 17.1 Å². The molecule has 0 aliphatic rings. The van der Waals surface area contributed by atoms with Crippen LogP contribution in [0.5, 0.6) is 11.5 Å². The number of rotatable bonds is 2. The Kier molecular flexibility index (Phi) is 4.37. The van der Waals surface area contributed by atoms with E-state index in [0.717, 1.165) is 6.07 Å². The van der Waals surface area contributed by atoms with Crippen LogP contribution in [0.3, 0.4) is 0 Å². The molecule has 1 aromatic heterocycles. The molecule has 0 aliphatic carbocycles. The number of halogens is 1. The second-order valence-corrected chi connectivity index (χ2v) is 6.65. The summed E-state index contributed by atoms with van der Waals surface area (Å²) in [4.78, 5) is 26.1. The minimum absolute atomic E-state index is 0.0575. The zero-order valence-corrected chi connectivity index (χ0v) is 15.2. The molecule has 0 radical (unpaired) electrons. The Morgan fingerprint density at radius 2 is 1.57 bits per heavy atom. The van der Waals surface area contributed by atoms with Crippen LogP contribution in [0, 0.1) is 0 Å². The summed E-state index contributed by atoms with van der Waals surface area (Å²) < 4.78 is 1.28. The van der Waals surface area contributed by atoms with Gasteiger partial charge in [0.15, 0.2) is 5.43 Å². The zero-order valence-electron chi connectivity index (χ0n) is 14.5. The van der Waals surface area contributed by atoms with Gasteiger partial charge in [-0.2, -0.15) is 0 Å². The van der Waals surface area contributed by atoms with E-state index in [1.54, 1.807) is 54.6 Å². The largest absolute Gasteiger partial charge is 0.508 e. The van der Waals surface area contributed by atoms with Crippen molar-refractivity contribution in [2.75, 3.05) is 0 Å². The van der Waals surface area contributed by atoms with Gasteiger partial charge >= 0.3 is 0 Å². The molecule has 4 aromatic rings. The normalized spacial score (nSPS) is 10.9. The smallest absolute Gasteiger partial charge is 0.262 e. The lowest BCUT2D eigenvalue weighted by atomic mass is 10.1. The molecule has 0 saturated carbocycles. The fourth-order valence-electron chi connectivity index (χ4n) is 3.21. The quantitative estimate of drug-likeness (QED) is 0.530. The van der Waals surface area contributed by atoms with Gasteiger partial charge in [-0.05, 0) is 18.2 Å². The molecule has 1 heterocycles. The highest BCUT2D eigenvalue weighted by atomic mass is 35.5. The highest BCUT2D eigenvalue weighted by Gasteiger charge is 2.21. The number of pyridine rings is 1. The van der Waals surface area contributed by atoms with Gasteiger partial charge in [-0.1, -0.05) is 48.0 Å². The lowest BCUT2D eigenvalue weighted by Crippen LogP contribution is -2.19. The molecular formula is C22H14ClNO4. The summed E-state index contributed by atoms with van der Waals surface area (Å²) in [6.07, 6.45) is 0. The molecule has 0 aliphatic heterocycles. The summed E-state index contributed by atoms with van der Waals surface area (Å²) in [6, 6.07) is 19.0. The molecule has 28 heavy (non-hydrogen) atoms. The maximum Gasteiger partial charge on any atom is 0.262 e. The molecule has 3 aromatic carbocycles. The van der Waals surface area contributed by atoms with E-state index >= 15 is 0 Å². The van der Waals surface area contributed by atoms with E-state index in [9.17, 15) is 19.8 Å². The van der Waals surface area contributed by atoms with Crippen molar-refractivity contribution in [3.63, 3.8) is 0 Å². The third-order valence-corrected chi connectivity index (χ3v) is 4.78. The Morgan fingerprint density at radius 3 is 2.29 bits per heavy atom. The molecule has 2 N–H and O–H groups in total. The number of aromatic nitrogens is 1. The predicted molar refractivity (Wildman–Crippen MR) is 108 cm³/mol. The monoisotopic (exact) mass is 391 g/mol. The van der Waals surface area contributed by atoms with Crippen LogP contribution in [0.1, 0.15) is 10.4 Å². The van der Waals surface area contributed by atoms with Crippen molar-refractivity contribution >= 4 is 28.4 Å². The van der Waals surface area contributed by atoms with Crippen LogP contribution in [0.2, 0.25) is 5.02 Å². The fraction of sp³-hybridized carbons (Fsp3) is 0. The number of phenolic OH excluding ortho intramolecular Hbond substituents is 2. The third kappa shape index (κ3) is 2.92. The Bertz CT molecular complexity index is 1280. The first kappa shape index (κ1) is 17.8. The van der Waals surface area contributed by atoms with Crippen LogP contribution in [-0.2, 0) is 0 Å². The van der Waals surface area contributed by atoms with E-state index in [2.05, 4.69) is 0 Å². The number of carbonyl (C=O) groups is 1. The second-order valence-electron chi connectivity index (χ2n) is 6.24. The van der Waals surface area contributed by atoms with Gasteiger partial charge in [0, 0.05) is 34.3 Å². The van der Waals surface area contributed by atoms with Crippen LogP contribution in [0.15, 0.2) is 77.6 Å². The molecule has 0 fully saturated rings. The van der Waals surface area contributed by atoms with Crippen molar-refractivity contribution in [1.82, 2.24) is 4.57 Å². The molecule has 0 amide bonds. The highest BCUT2D eigenvalue weighted by Crippen LogP contribution is 2.33. The number of benzene rings is 3. The average Bonchev–Trinajstić information content (AvgIpc) is 2.68. The summed E-state index contributed by atoms with van der Waals surface area (Å²) in [5, 5.41) is 20.5. The standard InChI is InChI=1S/C22H14ClNO4/c23-16-9-5-4-8-15(16)17-12-20(27)21-18(10-14(25)11-19(21)26)24(17)22(28)13-6-2-1-3-7-13/h1-12,25-26H. The minimum Gasteiger partial charge on any atom is -0.508 e. The zero-order chi connectivity index (χ0) is 19.8. The number of fused-ring (bicyclic) bond motifs is 1. The van der Waals surface area contributed by atoms with Gasteiger partial charge < -0.3 is 10.2 Å². The van der Waals surface area contributed by atoms with Crippen molar-refractivity contribution in [2.45, 2.75) is 0 Å². The lowest BCUT2D eigenvalue weighted by Gasteiger charge is -2.17. The van der Waals surface area contributed by atoms with Crippen molar-refractivity contribution in [1.29, 1.82) is 0 Å². The number of hydrogen-bond acceptors (Lipinski definition) is 4. The van der Waals surface area contributed by atoms with Crippen LogP contribution in [-0.4, -0.2) is 20.7 Å². The first-order chi connectivity index (χ1) is 13.5. The van der Waals surface area contributed by atoms with E-state index in [0.29, 0.717) is 16.1 Å². The maximum atomic E-state index is 13.4. The van der Waals surface area contributed by atoms with Gasteiger partial charge in [-0.15, -0.1) is 0 Å². The van der Waals surface area contributed by atoms with E-state index in [1.165, 1.54) is 16.7 Å². The van der Waals surface area contributed by atoms with Crippen LogP contribution < -0.4 is 5.43 Å². The number of nitrogens with zero attached hydrogens (tertiary/aromatic N) is 1. The molecule has 0 saturated heterocycles. The Balaban J connectivity index is 2.17. The third-order valence-electron chi connectivity index (χ3n) is 4.45. The summed E-state index contributed by atoms with van der Waals surface area (Å²) in [5.41, 5.74) is 0.731. The van der Waals surface area contributed by atoms with Gasteiger partial charge in [0.05, 0.1) is 16.6 Å². The van der Waals surface area contributed by atoms with Gasteiger partial charge in [-0.25, -0.2) is 0 Å². The maximum absolute atomic E-state index is 13.4. The number of aromatic hydroxyl groups is 2. The first-order valence-corrected chi connectivity index (χ1v) is 8.81. The van der Waals surface area contributed by atoms with Crippen molar-refractivity contribution in [3.8, 4) is 22.8 Å². The Hall–Kier alpha value is -3.57. The molecule has 0 bridgehead atoms. The van der Waals surface area contributed by atoms with Crippen molar-refractivity contribution < 1.29 is 15.0 Å². The molecule has 0 atom stereocenters. The molecule has 4 rings (SSSR count). The SMILES string of the molecule is O=C(c1ccccc1)n1c(-c2ccccc2Cl)cc(=O)c2c(O)cc(O)cc21. The van der Waals surface area contributed by atoms with Gasteiger partial charge in [0.25, 0.3) is 5.91 Å². The summed E-state index contributed by atoms with van der Waals surface area (Å²) in [7, 11) is 0. The second kappa shape index (κ2) is 6.87. The van der Waals surface area contributed by atoms with Gasteiger partial charge in [-0.3, -0.25) is 14.2 Å². The van der Waals surface area contributed by atoms with Crippen molar-refractivity contribution in [2.24, 2.45) is 0 Å². The van der Waals surface area contributed by atoms with Crippen molar-refractivity contribution in [3.05, 3.63) is 93.6 Å². The lowest BCUT2D eigenvalue weighted by molar-refractivity contribution is 0.0966. The molecule has 138 valence electrons. The first-order valence-electron chi connectivity index (χ1n) is 8.44. The summed E-state index contributed by atoms with van der Waals surface area (Å²) >= 11 is 6.32. The molecule has 0 unspecified atom stereocenters. The molecule has 0 spiro atoms. The average molecular weight is 392 g/mol. The Labute approximate surface area is 164 Å². The highest BCUT2D eigenvalue weighted by molar-refractivity contribution is 6.33. The molecule has 6 heteroatoms. The topological polar surface area (TPSA) is 79.5 Å². The molecular weight excluding hydrogens is 378 g/mol. The van der Waals surface area contributed by atoms with E-state index in [1.807, 2.05) is 0 Å². The van der Waals surface area contributed by atoms with Gasteiger partial charge in [0.1, 0.15) is 11.5 Å². The van der Waals surface area contributed by atoms with E-state index in [4.69, 9.17) is 11.6 Å². The number of carbonyl (C=O) groups excluding carboxylic acids is 1. The number of phenols is 2. The van der Waals surface area contributed by atoms with E-state index in [-0.39, 0.29) is 22.3 Å². The summed E-state index contributed by atoms with van der Waals surface area (Å²) in [6.45, 7) is 0. The number of hydrogen-bond donors (Lipinski definition) is 2. The fourth-order valence-corrected chi connectivity index (χ4v) is 3.45. The Morgan fingerprint density at radius 1 is 0.893 bits per heavy atom.